The van der Waals surface area contributed by atoms with Crippen LogP contribution >= 0.6 is 31.9 Å². The topological polar surface area (TPSA) is 0 Å². The largest absolute Gasteiger partial charge is 0.102 e. The highest BCUT2D eigenvalue weighted by molar-refractivity contribution is 9.11. The molecule has 0 aliphatic rings. The molecule has 0 aliphatic carbocycles. The first-order valence-electron chi connectivity index (χ1n) is 3.55. The fourth-order valence-electron chi connectivity index (χ4n) is 0.926. The van der Waals surface area contributed by atoms with Gasteiger partial charge in [0.1, 0.15) is 0 Å². The van der Waals surface area contributed by atoms with Crippen molar-refractivity contribution in [2.45, 2.75) is 5.92 Å². The Kier molecular flexibility index (Phi) is 3.53. The van der Waals surface area contributed by atoms with E-state index in [0.29, 0.717) is 0 Å². The van der Waals surface area contributed by atoms with Crippen molar-refractivity contribution < 1.29 is 0 Å². The molecule has 1 radical (unpaired) electrons. The van der Waals surface area contributed by atoms with E-state index < -0.39 is 0 Å². The van der Waals surface area contributed by atoms with Crippen LogP contribution in [0.15, 0.2) is 39.8 Å². The monoisotopic (exact) mass is 287 g/mol. The van der Waals surface area contributed by atoms with Gasteiger partial charge in [-0.15, -0.1) is 6.58 Å². The highest BCUT2D eigenvalue weighted by Crippen LogP contribution is 2.28. The Morgan fingerprint density at radius 2 is 2.00 bits per heavy atom. The van der Waals surface area contributed by atoms with E-state index in [1.807, 2.05) is 24.3 Å². The van der Waals surface area contributed by atoms with E-state index in [-0.39, 0.29) is 5.92 Å². The Morgan fingerprint density at radius 1 is 1.33 bits per heavy atom. The summed E-state index contributed by atoms with van der Waals surface area (Å²) in [5.74, 6) is 0.136. The first-order chi connectivity index (χ1) is 5.65. The minimum atomic E-state index is 0.136. The van der Waals surface area contributed by atoms with Crippen molar-refractivity contribution in [1.29, 1.82) is 0 Å². The van der Waals surface area contributed by atoms with E-state index in [1.165, 1.54) is 0 Å². The van der Waals surface area contributed by atoms with Gasteiger partial charge >= 0.3 is 0 Å². The van der Waals surface area contributed by atoms with Gasteiger partial charge in [0.05, 0.1) is 0 Å². The number of rotatable bonds is 2. The Balaban J connectivity index is 3.12. The summed E-state index contributed by atoms with van der Waals surface area (Å²) in [4.78, 5) is 0. The van der Waals surface area contributed by atoms with E-state index in [1.54, 1.807) is 0 Å². The number of hydrogen-bond donors (Lipinski definition) is 0. The van der Waals surface area contributed by atoms with Gasteiger partial charge in [0.25, 0.3) is 0 Å². The molecule has 0 aromatic heterocycles. The molecule has 0 aliphatic heterocycles. The summed E-state index contributed by atoms with van der Waals surface area (Å²) in [7, 11) is 0. The fraction of sp³-hybridized carbons (Fsp3) is 0.100. The standard InChI is InChI=1S/C10H9Br2/c1-3-7(2)9-6-8(11)4-5-10(9)12/h3-7H,1-2H2. The lowest BCUT2D eigenvalue weighted by Crippen LogP contribution is -1.90. The summed E-state index contributed by atoms with van der Waals surface area (Å²) in [6.07, 6.45) is 1.83. The van der Waals surface area contributed by atoms with Gasteiger partial charge in [-0.3, -0.25) is 0 Å². The smallest absolute Gasteiger partial charge is 0.0214 e. The molecule has 0 nitrogen and oxygen atoms in total. The summed E-state index contributed by atoms with van der Waals surface area (Å²) < 4.78 is 2.14. The van der Waals surface area contributed by atoms with Crippen LogP contribution in [0.1, 0.15) is 11.5 Å². The molecule has 1 unspecified atom stereocenters. The van der Waals surface area contributed by atoms with Gasteiger partial charge in [0, 0.05) is 14.9 Å². The van der Waals surface area contributed by atoms with Gasteiger partial charge in [-0.2, -0.15) is 0 Å². The Morgan fingerprint density at radius 3 is 2.58 bits per heavy atom. The lowest BCUT2D eigenvalue weighted by Gasteiger charge is -2.08. The van der Waals surface area contributed by atoms with Crippen LogP contribution in [0, 0.1) is 6.92 Å². The van der Waals surface area contributed by atoms with Crippen LogP contribution in [0.5, 0.6) is 0 Å². The lowest BCUT2D eigenvalue weighted by atomic mass is 10.0. The van der Waals surface area contributed by atoms with Gasteiger partial charge in [0.15, 0.2) is 0 Å². The predicted octanol–water partition coefficient (Wildman–Crippen LogP) is 4.32. The SMILES string of the molecule is [CH2]C(C=C)c1cc(Br)ccc1Br. The highest BCUT2D eigenvalue weighted by atomic mass is 79.9. The first kappa shape index (κ1) is 10.0. The molecule has 1 rings (SSSR count). The molecule has 2 heteroatoms. The van der Waals surface area contributed by atoms with Crippen LogP contribution in [0.3, 0.4) is 0 Å². The van der Waals surface area contributed by atoms with Gasteiger partial charge in [-0.1, -0.05) is 37.9 Å². The lowest BCUT2D eigenvalue weighted by molar-refractivity contribution is 1.07. The maximum absolute atomic E-state index is 3.96. The summed E-state index contributed by atoms with van der Waals surface area (Å²) in [5, 5.41) is 0. The molecule has 0 saturated heterocycles. The minimum absolute atomic E-state index is 0.136. The number of allylic oxidation sites excluding steroid dienone is 1. The fourth-order valence-corrected chi connectivity index (χ4v) is 1.85. The number of halogens is 2. The maximum atomic E-state index is 3.96. The Labute approximate surface area is 89.9 Å². The first-order valence-corrected chi connectivity index (χ1v) is 5.14. The van der Waals surface area contributed by atoms with Crippen molar-refractivity contribution in [3.05, 3.63) is 52.3 Å². The van der Waals surface area contributed by atoms with Crippen molar-refractivity contribution in [3.8, 4) is 0 Å². The van der Waals surface area contributed by atoms with Crippen molar-refractivity contribution in [3.63, 3.8) is 0 Å². The molecule has 12 heavy (non-hydrogen) atoms. The summed E-state index contributed by atoms with van der Waals surface area (Å²) >= 11 is 6.87. The van der Waals surface area contributed by atoms with Gasteiger partial charge in [0.2, 0.25) is 0 Å². The molecule has 0 heterocycles. The summed E-state index contributed by atoms with van der Waals surface area (Å²) in [6, 6.07) is 6.04. The van der Waals surface area contributed by atoms with Crippen LogP contribution in [0.4, 0.5) is 0 Å². The second-order valence-corrected chi connectivity index (χ2v) is 4.28. The molecule has 0 amide bonds. The zero-order chi connectivity index (χ0) is 9.14. The van der Waals surface area contributed by atoms with Crippen LogP contribution in [0.2, 0.25) is 0 Å². The Hall–Kier alpha value is -0.0800. The molecule has 0 fully saturated rings. The van der Waals surface area contributed by atoms with E-state index >= 15 is 0 Å². The molecule has 1 aromatic carbocycles. The number of benzene rings is 1. The average molecular weight is 289 g/mol. The zero-order valence-electron chi connectivity index (χ0n) is 6.56. The minimum Gasteiger partial charge on any atom is -0.102 e. The summed E-state index contributed by atoms with van der Waals surface area (Å²) in [6.45, 7) is 7.67. The molecule has 63 valence electrons. The average Bonchev–Trinajstić information content (AvgIpc) is 2.08. The summed E-state index contributed by atoms with van der Waals surface area (Å²) in [5.41, 5.74) is 1.15. The second-order valence-electron chi connectivity index (χ2n) is 2.51. The molecular formula is C10H9Br2. The predicted molar refractivity (Wildman–Crippen MR) is 60.1 cm³/mol. The Bertz CT molecular complexity index is 292. The van der Waals surface area contributed by atoms with Crippen molar-refractivity contribution in [2.75, 3.05) is 0 Å². The van der Waals surface area contributed by atoms with Gasteiger partial charge < -0.3 is 0 Å². The molecule has 1 aromatic rings. The quantitative estimate of drug-likeness (QED) is 0.711. The van der Waals surface area contributed by atoms with E-state index in [2.05, 4.69) is 45.4 Å². The van der Waals surface area contributed by atoms with Gasteiger partial charge in [-0.05, 0) is 30.7 Å². The third-order valence-corrected chi connectivity index (χ3v) is 2.86. The zero-order valence-corrected chi connectivity index (χ0v) is 9.73. The van der Waals surface area contributed by atoms with Crippen LogP contribution in [-0.2, 0) is 0 Å². The van der Waals surface area contributed by atoms with Crippen LogP contribution < -0.4 is 0 Å². The van der Waals surface area contributed by atoms with Crippen LogP contribution in [0.25, 0.3) is 0 Å². The van der Waals surface area contributed by atoms with Crippen LogP contribution in [-0.4, -0.2) is 0 Å². The maximum Gasteiger partial charge on any atom is 0.0214 e. The number of hydrogen-bond acceptors (Lipinski definition) is 0. The van der Waals surface area contributed by atoms with Crippen molar-refractivity contribution >= 4 is 31.9 Å². The molecule has 0 spiro atoms. The van der Waals surface area contributed by atoms with Gasteiger partial charge in [-0.25, -0.2) is 0 Å². The van der Waals surface area contributed by atoms with Crippen molar-refractivity contribution in [1.82, 2.24) is 0 Å². The normalized spacial score (nSPS) is 12.6. The van der Waals surface area contributed by atoms with Crippen molar-refractivity contribution in [2.24, 2.45) is 0 Å². The second kappa shape index (κ2) is 4.24. The van der Waals surface area contributed by atoms with E-state index in [0.717, 1.165) is 14.5 Å². The molecule has 0 bridgehead atoms. The van der Waals surface area contributed by atoms with E-state index in [4.69, 9.17) is 0 Å². The van der Waals surface area contributed by atoms with E-state index in [9.17, 15) is 0 Å². The molecule has 0 N–H and O–H groups in total. The third kappa shape index (κ3) is 2.20. The molecule has 0 saturated carbocycles. The molecular weight excluding hydrogens is 280 g/mol. The third-order valence-electron chi connectivity index (χ3n) is 1.64. The highest BCUT2D eigenvalue weighted by Gasteiger charge is 2.05. The molecule has 1 atom stereocenters.